The van der Waals surface area contributed by atoms with Crippen molar-refractivity contribution < 1.29 is 18.5 Å². The molecule has 0 radical (unpaired) electrons. The molecule has 0 aliphatic rings. The third kappa shape index (κ3) is 3.87. The first kappa shape index (κ1) is 14.8. The van der Waals surface area contributed by atoms with Crippen LogP contribution >= 0.6 is 0 Å². The van der Waals surface area contributed by atoms with E-state index >= 15 is 0 Å². The molecular formula is C11H13F2N3O3. The molecule has 1 amide bonds. The Morgan fingerprint density at radius 3 is 2.58 bits per heavy atom. The molecule has 0 spiro atoms. The van der Waals surface area contributed by atoms with Gasteiger partial charge in [-0.3, -0.25) is 14.9 Å². The predicted molar refractivity (Wildman–Crippen MR) is 64.8 cm³/mol. The maximum absolute atomic E-state index is 13.5. The zero-order valence-electron chi connectivity index (χ0n) is 10.4. The molecule has 0 heterocycles. The van der Waals surface area contributed by atoms with Crippen LogP contribution in [-0.2, 0) is 4.79 Å². The van der Waals surface area contributed by atoms with Gasteiger partial charge in [0.05, 0.1) is 11.5 Å². The number of amides is 1. The number of carbonyl (C=O) groups excluding carboxylic acids is 1. The Labute approximate surface area is 108 Å². The third-order valence-corrected chi connectivity index (χ3v) is 2.14. The zero-order chi connectivity index (χ0) is 14.6. The molecule has 0 saturated heterocycles. The summed E-state index contributed by atoms with van der Waals surface area (Å²) in [5.41, 5.74) is -1.26. The molecule has 0 bridgehead atoms. The molecule has 2 N–H and O–H groups in total. The minimum atomic E-state index is -1.38. The first-order valence-corrected chi connectivity index (χ1v) is 5.48. The first-order valence-electron chi connectivity index (χ1n) is 5.48. The number of halogens is 2. The molecule has 0 fully saturated rings. The Bertz CT molecular complexity index is 506. The van der Waals surface area contributed by atoms with Gasteiger partial charge >= 0.3 is 0 Å². The van der Waals surface area contributed by atoms with Crippen molar-refractivity contribution in [3.05, 3.63) is 33.9 Å². The summed E-state index contributed by atoms with van der Waals surface area (Å²) < 4.78 is 26.5. The van der Waals surface area contributed by atoms with Gasteiger partial charge in [0.25, 0.3) is 5.69 Å². The normalized spacial score (nSPS) is 10.4. The topological polar surface area (TPSA) is 84.3 Å². The van der Waals surface area contributed by atoms with Gasteiger partial charge in [0.1, 0.15) is 0 Å². The van der Waals surface area contributed by atoms with Gasteiger partial charge in [-0.2, -0.15) is 0 Å². The van der Waals surface area contributed by atoms with Crippen LogP contribution < -0.4 is 10.6 Å². The number of nitrogens with zero attached hydrogens (tertiary/aromatic N) is 1. The van der Waals surface area contributed by atoms with Crippen LogP contribution in [0.1, 0.15) is 13.8 Å². The van der Waals surface area contributed by atoms with E-state index in [-0.39, 0.29) is 12.6 Å². The van der Waals surface area contributed by atoms with Crippen LogP contribution in [-0.4, -0.2) is 23.4 Å². The lowest BCUT2D eigenvalue weighted by Crippen LogP contribution is -2.35. The summed E-state index contributed by atoms with van der Waals surface area (Å²) in [5.74, 6) is -3.09. The first-order chi connectivity index (χ1) is 8.82. The van der Waals surface area contributed by atoms with Gasteiger partial charge in [-0.15, -0.1) is 0 Å². The molecule has 0 aromatic heterocycles. The third-order valence-electron chi connectivity index (χ3n) is 2.14. The number of hydrogen-bond donors (Lipinski definition) is 2. The molecule has 1 aromatic carbocycles. The number of nitro groups is 1. The lowest BCUT2D eigenvalue weighted by molar-refractivity contribution is -0.384. The summed E-state index contributed by atoms with van der Waals surface area (Å²) in [4.78, 5) is 21.2. The van der Waals surface area contributed by atoms with Gasteiger partial charge in [0.15, 0.2) is 17.3 Å². The summed E-state index contributed by atoms with van der Waals surface area (Å²) >= 11 is 0. The maximum atomic E-state index is 13.5. The van der Waals surface area contributed by atoms with Gasteiger partial charge in [0.2, 0.25) is 5.91 Å². The summed E-state index contributed by atoms with van der Waals surface area (Å²) in [6.07, 6.45) is 0. The fourth-order valence-electron chi connectivity index (χ4n) is 1.40. The van der Waals surface area contributed by atoms with Crippen molar-refractivity contribution >= 4 is 17.3 Å². The van der Waals surface area contributed by atoms with Crippen molar-refractivity contribution in [3.63, 3.8) is 0 Å². The Morgan fingerprint density at radius 1 is 1.42 bits per heavy atom. The van der Waals surface area contributed by atoms with Crippen molar-refractivity contribution in [1.29, 1.82) is 0 Å². The van der Waals surface area contributed by atoms with Gasteiger partial charge in [0, 0.05) is 12.1 Å². The van der Waals surface area contributed by atoms with E-state index in [9.17, 15) is 23.7 Å². The summed E-state index contributed by atoms with van der Waals surface area (Å²) in [7, 11) is 0. The van der Waals surface area contributed by atoms with Crippen molar-refractivity contribution in [1.82, 2.24) is 5.32 Å². The molecule has 1 rings (SSSR count). The second-order valence-electron chi connectivity index (χ2n) is 4.09. The molecule has 0 aliphatic heterocycles. The van der Waals surface area contributed by atoms with E-state index in [0.29, 0.717) is 6.07 Å². The van der Waals surface area contributed by atoms with Crippen molar-refractivity contribution in [3.8, 4) is 0 Å². The minimum Gasteiger partial charge on any atom is -0.368 e. The van der Waals surface area contributed by atoms with E-state index in [4.69, 9.17) is 0 Å². The van der Waals surface area contributed by atoms with E-state index in [0.717, 1.165) is 6.07 Å². The Kier molecular flexibility index (Phi) is 4.74. The predicted octanol–water partition coefficient (Wildman–Crippen LogP) is 1.81. The number of anilines is 1. The van der Waals surface area contributed by atoms with Crippen LogP contribution in [0.25, 0.3) is 0 Å². The van der Waals surface area contributed by atoms with Crippen LogP contribution in [0.4, 0.5) is 20.2 Å². The largest absolute Gasteiger partial charge is 0.368 e. The zero-order valence-corrected chi connectivity index (χ0v) is 10.4. The number of nitrogens with one attached hydrogen (secondary N) is 2. The van der Waals surface area contributed by atoms with Crippen LogP contribution in [0.15, 0.2) is 12.1 Å². The minimum absolute atomic E-state index is 0.123. The van der Waals surface area contributed by atoms with E-state index in [2.05, 4.69) is 10.6 Å². The van der Waals surface area contributed by atoms with Gasteiger partial charge in [-0.1, -0.05) is 0 Å². The second-order valence-corrected chi connectivity index (χ2v) is 4.09. The maximum Gasteiger partial charge on any atom is 0.295 e. The Balaban J connectivity index is 2.90. The number of carbonyl (C=O) groups is 1. The highest BCUT2D eigenvalue weighted by molar-refractivity contribution is 5.82. The van der Waals surface area contributed by atoms with E-state index < -0.39 is 33.8 Å². The Hall–Kier alpha value is -2.25. The number of benzene rings is 1. The van der Waals surface area contributed by atoms with Crippen molar-refractivity contribution in [2.45, 2.75) is 19.9 Å². The van der Waals surface area contributed by atoms with Crippen molar-refractivity contribution in [2.24, 2.45) is 0 Å². The fourth-order valence-corrected chi connectivity index (χ4v) is 1.40. The average Bonchev–Trinajstić information content (AvgIpc) is 2.29. The smallest absolute Gasteiger partial charge is 0.295 e. The summed E-state index contributed by atoms with van der Waals surface area (Å²) in [6.45, 7) is 3.06. The monoisotopic (exact) mass is 273 g/mol. The molecular weight excluding hydrogens is 260 g/mol. The fraction of sp³-hybridized carbons (Fsp3) is 0.364. The van der Waals surface area contributed by atoms with Crippen LogP contribution in [0.5, 0.6) is 0 Å². The molecule has 6 nitrogen and oxygen atoms in total. The van der Waals surface area contributed by atoms with Crippen molar-refractivity contribution in [2.75, 3.05) is 11.9 Å². The number of hydrogen-bond acceptors (Lipinski definition) is 4. The SMILES string of the molecule is CC(C)NC(=O)CNc1c([N+](=O)[O-])ccc(F)c1F. The van der Waals surface area contributed by atoms with Gasteiger partial charge < -0.3 is 10.6 Å². The number of nitro benzene ring substituents is 1. The molecule has 0 unspecified atom stereocenters. The average molecular weight is 273 g/mol. The summed E-state index contributed by atoms with van der Waals surface area (Å²) in [6, 6.07) is 1.37. The Morgan fingerprint density at radius 2 is 2.05 bits per heavy atom. The van der Waals surface area contributed by atoms with Crippen LogP contribution in [0, 0.1) is 21.7 Å². The number of rotatable bonds is 5. The van der Waals surface area contributed by atoms with E-state index in [1.165, 1.54) is 0 Å². The molecule has 0 aliphatic carbocycles. The molecule has 104 valence electrons. The molecule has 0 atom stereocenters. The highest BCUT2D eigenvalue weighted by Crippen LogP contribution is 2.28. The van der Waals surface area contributed by atoms with Gasteiger partial charge in [-0.25, -0.2) is 8.78 Å². The lowest BCUT2D eigenvalue weighted by Gasteiger charge is -2.11. The standard InChI is InChI=1S/C11H13F2N3O3/c1-6(2)15-9(17)5-14-11-8(16(18)19)4-3-7(12)10(11)13/h3-4,6,14H,5H2,1-2H3,(H,15,17). The summed E-state index contributed by atoms with van der Waals surface area (Å²) in [5, 5.41) is 15.4. The molecule has 19 heavy (non-hydrogen) atoms. The van der Waals surface area contributed by atoms with Crippen LogP contribution in [0.2, 0.25) is 0 Å². The highest BCUT2D eigenvalue weighted by atomic mass is 19.2. The molecule has 0 saturated carbocycles. The van der Waals surface area contributed by atoms with E-state index in [1.807, 2.05) is 0 Å². The highest BCUT2D eigenvalue weighted by Gasteiger charge is 2.21. The molecule has 1 aromatic rings. The van der Waals surface area contributed by atoms with Gasteiger partial charge in [-0.05, 0) is 19.9 Å². The molecule has 8 heteroatoms. The quantitative estimate of drug-likeness (QED) is 0.633. The lowest BCUT2D eigenvalue weighted by atomic mass is 10.2. The van der Waals surface area contributed by atoms with Crippen LogP contribution in [0.3, 0.4) is 0 Å². The second kappa shape index (κ2) is 6.07. The van der Waals surface area contributed by atoms with E-state index in [1.54, 1.807) is 13.8 Å².